The Morgan fingerprint density at radius 3 is 2.65 bits per heavy atom. The highest BCUT2D eigenvalue weighted by Gasteiger charge is 2.23. The molecule has 0 amide bonds. The Morgan fingerprint density at radius 2 is 2.00 bits per heavy atom. The molecule has 0 unspecified atom stereocenters. The summed E-state index contributed by atoms with van der Waals surface area (Å²) in [5.41, 5.74) is 0.996. The fraction of sp³-hybridized carbons (Fsp3) is 0.412. The van der Waals surface area contributed by atoms with Crippen molar-refractivity contribution in [1.82, 2.24) is 4.98 Å². The maximum atomic E-state index is 11.3. The van der Waals surface area contributed by atoms with Crippen LogP contribution >= 0.6 is 0 Å². The number of pyridine rings is 1. The van der Waals surface area contributed by atoms with Gasteiger partial charge in [-0.05, 0) is 38.3 Å². The quantitative estimate of drug-likeness (QED) is 0.763. The molecule has 0 aliphatic carbocycles. The minimum atomic E-state index is -0.346. The first-order chi connectivity index (χ1) is 9.41. The van der Waals surface area contributed by atoms with Crippen LogP contribution in [0.2, 0.25) is 0 Å². The van der Waals surface area contributed by atoms with Crippen molar-refractivity contribution in [2.24, 2.45) is 5.92 Å². The van der Waals surface area contributed by atoms with E-state index in [9.17, 15) is 4.79 Å². The van der Waals surface area contributed by atoms with Gasteiger partial charge >= 0.3 is 0 Å². The van der Waals surface area contributed by atoms with E-state index in [2.05, 4.69) is 18.8 Å². The molecule has 1 aromatic heterocycles. The zero-order chi connectivity index (χ0) is 14.8. The standard InChI is InChI=1S/C17H21NO2/c1-12(2)10-17(3,4)20-16-14(11-19)9-13-7-5-6-8-15(13)18-16/h5-9,11-12H,10H2,1-4H3. The van der Waals surface area contributed by atoms with Crippen molar-refractivity contribution in [3.8, 4) is 5.88 Å². The second-order valence-electron chi connectivity index (χ2n) is 6.15. The average Bonchev–Trinajstić information content (AvgIpc) is 2.35. The summed E-state index contributed by atoms with van der Waals surface area (Å²) in [6.07, 6.45) is 1.71. The first-order valence-electron chi connectivity index (χ1n) is 6.95. The first kappa shape index (κ1) is 14.5. The molecule has 1 heterocycles. The summed E-state index contributed by atoms with van der Waals surface area (Å²) in [5.74, 6) is 0.939. The van der Waals surface area contributed by atoms with Gasteiger partial charge in [0.05, 0.1) is 11.1 Å². The van der Waals surface area contributed by atoms with E-state index in [1.165, 1.54) is 0 Å². The fourth-order valence-corrected chi connectivity index (χ4v) is 2.57. The third-order valence-corrected chi connectivity index (χ3v) is 3.12. The maximum absolute atomic E-state index is 11.3. The van der Waals surface area contributed by atoms with Crippen LogP contribution in [-0.4, -0.2) is 16.9 Å². The van der Waals surface area contributed by atoms with Crippen LogP contribution < -0.4 is 4.74 Å². The van der Waals surface area contributed by atoms with Gasteiger partial charge in [0.2, 0.25) is 5.88 Å². The van der Waals surface area contributed by atoms with Gasteiger partial charge in [0.15, 0.2) is 6.29 Å². The molecule has 106 valence electrons. The Hall–Kier alpha value is -1.90. The van der Waals surface area contributed by atoms with Crippen LogP contribution in [0.25, 0.3) is 10.9 Å². The summed E-state index contributed by atoms with van der Waals surface area (Å²) in [7, 11) is 0. The lowest BCUT2D eigenvalue weighted by atomic mass is 9.96. The van der Waals surface area contributed by atoms with E-state index < -0.39 is 0 Å². The number of rotatable bonds is 5. The number of carbonyl (C=O) groups excluding carboxylic acids is 1. The van der Waals surface area contributed by atoms with Crippen molar-refractivity contribution < 1.29 is 9.53 Å². The van der Waals surface area contributed by atoms with Gasteiger partial charge in [-0.2, -0.15) is 0 Å². The molecule has 2 rings (SSSR count). The van der Waals surface area contributed by atoms with Crippen LogP contribution in [0.3, 0.4) is 0 Å². The van der Waals surface area contributed by atoms with Crippen molar-refractivity contribution in [3.05, 3.63) is 35.9 Å². The molecule has 0 spiro atoms. The van der Waals surface area contributed by atoms with Gasteiger partial charge < -0.3 is 4.74 Å². The molecular formula is C17H21NO2. The second-order valence-corrected chi connectivity index (χ2v) is 6.15. The molecule has 0 saturated carbocycles. The van der Waals surface area contributed by atoms with Crippen molar-refractivity contribution >= 4 is 17.2 Å². The Kier molecular flexibility index (Phi) is 4.07. The molecule has 0 atom stereocenters. The van der Waals surface area contributed by atoms with Crippen LogP contribution in [0.4, 0.5) is 0 Å². The zero-order valence-electron chi connectivity index (χ0n) is 12.5. The fourth-order valence-electron chi connectivity index (χ4n) is 2.57. The number of para-hydroxylation sites is 1. The summed E-state index contributed by atoms with van der Waals surface area (Å²) >= 11 is 0. The maximum Gasteiger partial charge on any atom is 0.225 e. The number of benzene rings is 1. The molecule has 0 N–H and O–H groups in total. The lowest BCUT2D eigenvalue weighted by Crippen LogP contribution is -2.30. The number of ether oxygens (including phenoxy) is 1. The monoisotopic (exact) mass is 271 g/mol. The SMILES string of the molecule is CC(C)CC(C)(C)Oc1nc2ccccc2cc1C=O. The molecule has 0 fully saturated rings. The van der Waals surface area contributed by atoms with Crippen molar-refractivity contribution in [2.45, 2.75) is 39.7 Å². The van der Waals surface area contributed by atoms with E-state index in [1.54, 1.807) is 0 Å². The molecule has 0 bridgehead atoms. The summed E-state index contributed by atoms with van der Waals surface area (Å²) in [6, 6.07) is 9.56. The zero-order valence-corrected chi connectivity index (χ0v) is 12.5. The van der Waals surface area contributed by atoms with Gasteiger partial charge in [-0.25, -0.2) is 4.98 Å². The number of fused-ring (bicyclic) bond motifs is 1. The smallest absolute Gasteiger partial charge is 0.225 e. The number of aldehydes is 1. The molecule has 0 radical (unpaired) electrons. The number of hydrogen-bond donors (Lipinski definition) is 0. The van der Waals surface area contributed by atoms with Gasteiger partial charge in [-0.3, -0.25) is 4.79 Å². The molecule has 20 heavy (non-hydrogen) atoms. The minimum absolute atomic E-state index is 0.346. The van der Waals surface area contributed by atoms with Crippen LogP contribution in [0, 0.1) is 5.92 Å². The Labute approximate surface area is 120 Å². The minimum Gasteiger partial charge on any atom is -0.471 e. The van der Waals surface area contributed by atoms with Crippen LogP contribution in [-0.2, 0) is 0 Å². The average molecular weight is 271 g/mol. The Morgan fingerprint density at radius 1 is 1.30 bits per heavy atom. The highest BCUT2D eigenvalue weighted by molar-refractivity contribution is 5.88. The molecule has 2 aromatic rings. The van der Waals surface area contributed by atoms with E-state index in [4.69, 9.17) is 4.74 Å². The molecule has 1 aromatic carbocycles. The first-order valence-corrected chi connectivity index (χ1v) is 6.95. The molecule has 3 nitrogen and oxygen atoms in total. The van der Waals surface area contributed by atoms with Crippen LogP contribution in [0.5, 0.6) is 5.88 Å². The van der Waals surface area contributed by atoms with Gasteiger partial charge in [0, 0.05) is 5.39 Å². The number of nitrogens with zero attached hydrogens (tertiary/aromatic N) is 1. The predicted molar refractivity (Wildman–Crippen MR) is 81.3 cm³/mol. The third kappa shape index (κ3) is 3.35. The summed E-state index contributed by atoms with van der Waals surface area (Å²) in [4.78, 5) is 15.7. The number of aromatic nitrogens is 1. The highest BCUT2D eigenvalue weighted by Crippen LogP contribution is 2.27. The highest BCUT2D eigenvalue weighted by atomic mass is 16.5. The van der Waals surface area contributed by atoms with Crippen molar-refractivity contribution in [2.75, 3.05) is 0 Å². The van der Waals surface area contributed by atoms with Crippen LogP contribution in [0.1, 0.15) is 44.5 Å². The number of carbonyl (C=O) groups is 1. The van der Waals surface area contributed by atoms with Gasteiger partial charge in [-0.1, -0.05) is 32.0 Å². The third-order valence-electron chi connectivity index (χ3n) is 3.12. The van der Waals surface area contributed by atoms with E-state index in [-0.39, 0.29) is 5.60 Å². The Balaban J connectivity index is 2.40. The lowest BCUT2D eigenvalue weighted by Gasteiger charge is -2.28. The van der Waals surface area contributed by atoms with Crippen LogP contribution in [0.15, 0.2) is 30.3 Å². The Bertz CT molecular complexity index is 617. The summed E-state index contributed by atoms with van der Waals surface area (Å²) in [6.45, 7) is 8.36. The van der Waals surface area contributed by atoms with E-state index in [0.29, 0.717) is 17.4 Å². The van der Waals surface area contributed by atoms with Crippen molar-refractivity contribution in [1.29, 1.82) is 0 Å². The molecule has 0 aliphatic heterocycles. The predicted octanol–water partition coefficient (Wildman–Crippen LogP) is 4.25. The summed E-state index contributed by atoms with van der Waals surface area (Å²) in [5, 5.41) is 0.948. The largest absolute Gasteiger partial charge is 0.471 e. The molecule has 3 heteroatoms. The normalized spacial score (nSPS) is 11.8. The molecular weight excluding hydrogens is 250 g/mol. The second kappa shape index (κ2) is 5.61. The lowest BCUT2D eigenvalue weighted by molar-refractivity contribution is 0.0784. The topological polar surface area (TPSA) is 39.2 Å². The van der Waals surface area contributed by atoms with Gasteiger partial charge in [-0.15, -0.1) is 0 Å². The van der Waals surface area contributed by atoms with E-state index in [1.807, 2.05) is 44.2 Å². The summed E-state index contributed by atoms with van der Waals surface area (Å²) < 4.78 is 6.00. The van der Waals surface area contributed by atoms with E-state index >= 15 is 0 Å². The van der Waals surface area contributed by atoms with Crippen molar-refractivity contribution in [3.63, 3.8) is 0 Å². The molecule has 0 saturated heterocycles. The number of hydrogen-bond acceptors (Lipinski definition) is 3. The van der Waals surface area contributed by atoms with Gasteiger partial charge in [0.25, 0.3) is 0 Å². The molecule has 0 aliphatic rings. The van der Waals surface area contributed by atoms with E-state index in [0.717, 1.165) is 23.6 Å². The van der Waals surface area contributed by atoms with Gasteiger partial charge in [0.1, 0.15) is 5.60 Å².